The Morgan fingerprint density at radius 1 is 0.837 bits per heavy atom. The zero-order valence-corrected chi connectivity index (χ0v) is 26.8. The van der Waals surface area contributed by atoms with E-state index in [0.29, 0.717) is 36.1 Å². The van der Waals surface area contributed by atoms with Gasteiger partial charge in [0, 0.05) is 34.9 Å². The zero-order valence-electron chi connectivity index (χ0n) is 26.8. The average Bonchev–Trinajstić information content (AvgIpc) is 3.48. The Kier molecular flexibility index (Phi) is 8.48. The average molecular weight is 655 g/mol. The van der Waals surface area contributed by atoms with Crippen molar-refractivity contribution in [1.82, 2.24) is 9.88 Å². The molecule has 0 radical (unpaired) electrons. The lowest BCUT2D eigenvalue weighted by Gasteiger charge is -2.35. The van der Waals surface area contributed by atoms with Gasteiger partial charge in [0.05, 0.1) is 12.1 Å². The van der Waals surface area contributed by atoms with Gasteiger partial charge in [0.15, 0.2) is 6.23 Å². The van der Waals surface area contributed by atoms with Gasteiger partial charge < -0.3 is 24.7 Å². The Morgan fingerprint density at radius 2 is 1.57 bits per heavy atom. The van der Waals surface area contributed by atoms with Crippen LogP contribution in [0.3, 0.4) is 0 Å². The maximum absolute atomic E-state index is 13.8. The molecule has 0 saturated carbocycles. The second-order valence-electron chi connectivity index (χ2n) is 12.2. The molecule has 1 aliphatic heterocycles. The van der Waals surface area contributed by atoms with Crippen molar-refractivity contribution in [2.75, 3.05) is 6.61 Å². The second kappa shape index (κ2) is 13.2. The molecule has 6 aromatic rings. The number of H-pyrrole nitrogens is 1. The van der Waals surface area contributed by atoms with Gasteiger partial charge in [-0.05, 0) is 71.2 Å². The van der Waals surface area contributed by atoms with E-state index in [-0.39, 0.29) is 24.6 Å². The number of carbonyl (C=O) groups excluding carboxylic acids is 1. The molecule has 1 aliphatic rings. The van der Waals surface area contributed by atoms with Gasteiger partial charge in [0.1, 0.15) is 11.4 Å². The third-order valence-electron chi connectivity index (χ3n) is 9.20. The highest BCUT2D eigenvalue weighted by Crippen LogP contribution is 2.35. The number of carboxylic acid groups (broad SMARTS) is 2. The molecule has 2 heterocycles. The van der Waals surface area contributed by atoms with Crippen molar-refractivity contribution in [3.8, 4) is 16.9 Å². The van der Waals surface area contributed by atoms with E-state index in [1.807, 2.05) is 97.9 Å². The molecule has 0 bridgehead atoms. The first kappa shape index (κ1) is 31.5. The molecule has 9 heteroatoms. The first-order valence-corrected chi connectivity index (χ1v) is 16.1. The summed E-state index contributed by atoms with van der Waals surface area (Å²) in [6.45, 7) is 2.55. The van der Waals surface area contributed by atoms with Gasteiger partial charge in [-0.2, -0.15) is 0 Å². The lowest BCUT2D eigenvalue weighted by molar-refractivity contribution is -0.0327. The fraction of sp³-hybridized carbons (Fsp3) is 0.175. The highest BCUT2D eigenvalue weighted by Gasteiger charge is 2.33. The topological polar surface area (TPSA) is 129 Å². The van der Waals surface area contributed by atoms with Crippen LogP contribution in [0.15, 0.2) is 103 Å². The van der Waals surface area contributed by atoms with Crippen LogP contribution in [0.2, 0.25) is 0 Å². The Hall–Kier alpha value is -6.09. The van der Waals surface area contributed by atoms with E-state index in [1.54, 1.807) is 12.1 Å². The smallest absolute Gasteiger partial charge is 0.493 e. The lowest BCUT2D eigenvalue weighted by atomic mass is 9.94. The van der Waals surface area contributed by atoms with Crippen LogP contribution in [0, 0.1) is 6.92 Å². The molecule has 0 unspecified atom stereocenters. The number of hydrogen-bond donors (Lipinski definition) is 3. The molecule has 5 aromatic carbocycles. The Balaban J connectivity index is 1.14. The zero-order chi connectivity index (χ0) is 34.1. The lowest BCUT2D eigenvalue weighted by Crippen LogP contribution is -2.46. The SMILES string of the molecule is Cc1cc(C(=O)N2Cc3ccccc3C[C@@H]2OC(=O)O)ccc1-c1cccc2c(CCCOc3cccc4ccccc34)c(C(=O)O)[nH]c12. The van der Waals surface area contributed by atoms with Gasteiger partial charge in [0.25, 0.3) is 5.91 Å². The number of rotatable bonds is 9. The van der Waals surface area contributed by atoms with Crippen LogP contribution in [0.4, 0.5) is 4.79 Å². The minimum atomic E-state index is -1.44. The monoisotopic (exact) mass is 654 g/mol. The van der Waals surface area contributed by atoms with Gasteiger partial charge in [-0.15, -0.1) is 0 Å². The summed E-state index contributed by atoms with van der Waals surface area (Å²) in [5.74, 6) is -0.578. The Bertz CT molecular complexity index is 2230. The van der Waals surface area contributed by atoms with Crippen molar-refractivity contribution in [3.63, 3.8) is 0 Å². The number of aromatic carboxylic acids is 1. The molecule has 3 N–H and O–H groups in total. The van der Waals surface area contributed by atoms with E-state index >= 15 is 0 Å². The largest absolute Gasteiger partial charge is 0.507 e. The summed E-state index contributed by atoms with van der Waals surface area (Å²) in [4.78, 5) is 42.3. The quantitative estimate of drug-likeness (QED) is 0.106. The standard InChI is InChI=1S/C40H34N2O7/c1-24-21-27(38(43)42-23-28-11-3-2-10-26(28)22-35(42)49-40(46)47)18-19-29(24)31-14-7-15-32-33(37(39(44)45)41-36(31)32)16-8-20-48-34-17-6-12-25-9-4-5-13-30(25)34/h2-7,9-15,17-19,21,35,41H,8,16,20,22-23H2,1H3,(H,44,45)(H,46,47)/t35-/m0/s1. The minimum Gasteiger partial charge on any atom is -0.493 e. The van der Waals surface area contributed by atoms with E-state index in [2.05, 4.69) is 4.98 Å². The van der Waals surface area contributed by atoms with Crippen molar-refractivity contribution < 1.29 is 34.1 Å². The van der Waals surface area contributed by atoms with Gasteiger partial charge in [-0.25, -0.2) is 9.59 Å². The molecule has 1 amide bonds. The molecule has 0 fully saturated rings. The van der Waals surface area contributed by atoms with Crippen LogP contribution in [0.25, 0.3) is 32.8 Å². The predicted molar refractivity (Wildman–Crippen MR) is 186 cm³/mol. The number of nitrogens with one attached hydrogen (secondary N) is 1. The van der Waals surface area contributed by atoms with Crippen LogP contribution >= 0.6 is 0 Å². The minimum absolute atomic E-state index is 0.145. The van der Waals surface area contributed by atoms with Gasteiger partial charge in [-0.3, -0.25) is 9.69 Å². The molecular formula is C40H34N2O7. The summed E-state index contributed by atoms with van der Waals surface area (Å²) >= 11 is 0. The summed E-state index contributed by atoms with van der Waals surface area (Å²) in [7, 11) is 0. The molecule has 1 atom stereocenters. The summed E-state index contributed by atoms with van der Waals surface area (Å²) in [5.41, 5.74) is 6.31. The van der Waals surface area contributed by atoms with Crippen molar-refractivity contribution in [3.05, 3.63) is 137 Å². The molecule has 0 spiro atoms. The Morgan fingerprint density at radius 3 is 2.37 bits per heavy atom. The third-order valence-corrected chi connectivity index (χ3v) is 9.20. The predicted octanol–water partition coefficient (Wildman–Crippen LogP) is 8.23. The summed E-state index contributed by atoms with van der Waals surface area (Å²) in [6.07, 6.45) is -1.00. The van der Waals surface area contributed by atoms with Crippen molar-refractivity contribution in [1.29, 1.82) is 0 Å². The summed E-state index contributed by atoms with van der Waals surface area (Å²) in [6, 6.07) is 32.7. The third kappa shape index (κ3) is 6.18. The molecule has 7 rings (SSSR count). The van der Waals surface area contributed by atoms with E-state index in [9.17, 15) is 24.6 Å². The first-order chi connectivity index (χ1) is 23.8. The van der Waals surface area contributed by atoms with Crippen LogP contribution in [0.5, 0.6) is 5.75 Å². The number of fused-ring (bicyclic) bond motifs is 3. The number of nitrogens with zero attached hydrogens (tertiary/aromatic N) is 1. The number of benzene rings is 5. The molecular weight excluding hydrogens is 620 g/mol. The molecule has 0 saturated heterocycles. The maximum Gasteiger partial charge on any atom is 0.507 e. The van der Waals surface area contributed by atoms with Gasteiger partial charge in [-0.1, -0.05) is 84.9 Å². The summed E-state index contributed by atoms with van der Waals surface area (Å²) < 4.78 is 11.3. The summed E-state index contributed by atoms with van der Waals surface area (Å²) in [5, 5.41) is 22.5. The van der Waals surface area contributed by atoms with E-state index in [0.717, 1.165) is 49.7 Å². The molecule has 0 aliphatic carbocycles. The van der Waals surface area contributed by atoms with Crippen LogP contribution < -0.4 is 4.74 Å². The van der Waals surface area contributed by atoms with Crippen LogP contribution in [0.1, 0.15) is 49.5 Å². The molecule has 1 aromatic heterocycles. The van der Waals surface area contributed by atoms with E-state index < -0.39 is 18.4 Å². The highest BCUT2D eigenvalue weighted by atomic mass is 16.7. The number of aryl methyl sites for hydroxylation is 2. The van der Waals surface area contributed by atoms with Crippen LogP contribution in [-0.2, 0) is 24.1 Å². The molecule has 246 valence electrons. The second-order valence-corrected chi connectivity index (χ2v) is 12.2. The normalized spacial score (nSPS) is 14.1. The van der Waals surface area contributed by atoms with E-state index in [4.69, 9.17) is 9.47 Å². The fourth-order valence-electron chi connectivity index (χ4n) is 6.88. The fourth-order valence-corrected chi connectivity index (χ4v) is 6.88. The number of carboxylic acids is 1. The number of aromatic nitrogens is 1. The van der Waals surface area contributed by atoms with Crippen molar-refractivity contribution in [2.45, 2.75) is 39.0 Å². The van der Waals surface area contributed by atoms with Gasteiger partial charge in [0.2, 0.25) is 0 Å². The van der Waals surface area contributed by atoms with Crippen molar-refractivity contribution in [2.24, 2.45) is 0 Å². The van der Waals surface area contributed by atoms with Crippen LogP contribution in [-0.4, -0.2) is 51.0 Å². The Labute approximate surface area is 282 Å². The number of hydrogen-bond acceptors (Lipinski definition) is 5. The van der Waals surface area contributed by atoms with Gasteiger partial charge >= 0.3 is 12.1 Å². The highest BCUT2D eigenvalue weighted by molar-refractivity contribution is 6.04. The molecule has 9 nitrogen and oxygen atoms in total. The number of aromatic amines is 1. The first-order valence-electron chi connectivity index (χ1n) is 16.1. The number of carbonyl (C=O) groups is 3. The molecule has 49 heavy (non-hydrogen) atoms. The number of ether oxygens (including phenoxy) is 2. The number of para-hydroxylation sites is 1. The maximum atomic E-state index is 13.8. The number of amides is 1. The van der Waals surface area contributed by atoms with Crippen molar-refractivity contribution >= 4 is 39.7 Å². The van der Waals surface area contributed by atoms with E-state index in [1.165, 1.54) is 4.90 Å².